The molecule has 0 unspecified atom stereocenters. The van der Waals surface area contributed by atoms with Crippen LogP contribution in [0.5, 0.6) is 11.5 Å². The summed E-state index contributed by atoms with van der Waals surface area (Å²) in [5.74, 6) is 0.228. The van der Waals surface area contributed by atoms with Crippen molar-refractivity contribution in [2.75, 3.05) is 32.7 Å². The second-order valence-electron chi connectivity index (χ2n) is 8.21. The van der Waals surface area contributed by atoms with Gasteiger partial charge in [0, 0.05) is 24.9 Å². The number of hydrogen-bond acceptors (Lipinski definition) is 7. The molecular formula is C24H28N2O6S. The van der Waals surface area contributed by atoms with Crippen molar-refractivity contribution in [2.45, 2.75) is 45.6 Å². The Balaban J connectivity index is 1.44. The number of thiophene rings is 1. The van der Waals surface area contributed by atoms with Gasteiger partial charge in [0.2, 0.25) is 5.91 Å². The number of carbonyl (C=O) groups is 3. The molecule has 2 amide bonds. The quantitative estimate of drug-likeness (QED) is 0.648. The Bertz CT molecular complexity index is 1090. The molecule has 0 fully saturated rings. The number of nitrogens with zero attached hydrogens (tertiary/aromatic N) is 1. The Morgan fingerprint density at radius 1 is 1.03 bits per heavy atom. The number of amides is 2. The zero-order valence-electron chi connectivity index (χ0n) is 19.1. The number of methoxy groups -OCH3 is 2. The molecule has 1 N–H and O–H groups in total. The van der Waals surface area contributed by atoms with Gasteiger partial charge in [0.05, 0.1) is 19.8 Å². The lowest BCUT2D eigenvalue weighted by atomic mass is 9.95. The van der Waals surface area contributed by atoms with Gasteiger partial charge < -0.3 is 24.4 Å². The highest BCUT2D eigenvalue weighted by Gasteiger charge is 2.29. The SMILES string of the molecule is COc1cc2c(cc1OC)CN(C(=O)COC(=O)c1c(NC(C)=O)sc3c1CCCC3)CC2. The third-order valence-corrected chi connectivity index (χ3v) is 7.27. The van der Waals surface area contributed by atoms with Gasteiger partial charge in [0.15, 0.2) is 18.1 Å². The summed E-state index contributed by atoms with van der Waals surface area (Å²) in [6.45, 7) is 2.02. The summed E-state index contributed by atoms with van der Waals surface area (Å²) >= 11 is 1.43. The van der Waals surface area contributed by atoms with Crippen LogP contribution in [0.15, 0.2) is 12.1 Å². The molecule has 2 aromatic rings. The molecule has 1 aliphatic heterocycles. The standard InChI is InChI=1S/C24H28N2O6S/c1-14(27)25-23-22(17-6-4-5-7-20(17)33-23)24(29)32-13-21(28)26-9-8-15-10-18(30-2)19(31-3)11-16(15)12-26/h10-11H,4-9,12-13H2,1-3H3,(H,25,27). The van der Waals surface area contributed by atoms with Crippen molar-refractivity contribution in [3.8, 4) is 11.5 Å². The highest BCUT2D eigenvalue weighted by atomic mass is 32.1. The second kappa shape index (κ2) is 9.82. The van der Waals surface area contributed by atoms with Crippen LogP contribution < -0.4 is 14.8 Å². The highest BCUT2D eigenvalue weighted by molar-refractivity contribution is 7.17. The van der Waals surface area contributed by atoms with Gasteiger partial charge in [-0.15, -0.1) is 11.3 Å². The maximum Gasteiger partial charge on any atom is 0.341 e. The molecule has 1 aliphatic carbocycles. The lowest BCUT2D eigenvalue weighted by molar-refractivity contribution is -0.135. The van der Waals surface area contributed by atoms with E-state index >= 15 is 0 Å². The highest BCUT2D eigenvalue weighted by Crippen LogP contribution is 2.38. The third-order valence-electron chi connectivity index (χ3n) is 6.06. The largest absolute Gasteiger partial charge is 0.493 e. The molecule has 1 aromatic heterocycles. The van der Waals surface area contributed by atoms with E-state index < -0.39 is 5.97 Å². The number of benzene rings is 1. The molecule has 176 valence electrons. The minimum Gasteiger partial charge on any atom is -0.493 e. The molecule has 0 spiro atoms. The van der Waals surface area contributed by atoms with Crippen LogP contribution in [-0.4, -0.2) is 50.1 Å². The molecule has 9 heteroatoms. The fraction of sp³-hybridized carbons (Fsp3) is 0.458. The summed E-state index contributed by atoms with van der Waals surface area (Å²) in [6.07, 6.45) is 4.40. The summed E-state index contributed by atoms with van der Waals surface area (Å²) in [5.41, 5.74) is 3.44. The average molecular weight is 473 g/mol. The number of esters is 1. The van der Waals surface area contributed by atoms with Gasteiger partial charge in [-0.2, -0.15) is 0 Å². The molecule has 4 rings (SSSR count). The van der Waals surface area contributed by atoms with E-state index in [2.05, 4.69) is 5.32 Å². The number of rotatable bonds is 6. The van der Waals surface area contributed by atoms with Crippen molar-refractivity contribution in [3.05, 3.63) is 39.3 Å². The first-order valence-electron chi connectivity index (χ1n) is 11.0. The van der Waals surface area contributed by atoms with Gasteiger partial charge in [-0.1, -0.05) is 0 Å². The summed E-state index contributed by atoms with van der Waals surface area (Å²) in [6, 6.07) is 3.83. The van der Waals surface area contributed by atoms with Crippen molar-refractivity contribution in [1.82, 2.24) is 4.90 Å². The van der Waals surface area contributed by atoms with E-state index in [1.165, 1.54) is 18.3 Å². The van der Waals surface area contributed by atoms with Gasteiger partial charge in [-0.25, -0.2) is 4.79 Å². The number of nitrogens with one attached hydrogen (secondary N) is 1. The molecule has 1 aromatic carbocycles. The van der Waals surface area contributed by atoms with Crippen molar-refractivity contribution in [3.63, 3.8) is 0 Å². The lowest BCUT2D eigenvalue weighted by Gasteiger charge is -2.29. The van der Waals surface area contributed by atoms with E-state index in [-0.39, 0.29) is 18.4 Å². The van der Waals surface area contributed by atoms with E-state index in [9.17, 15) is 14.4 Å². The Kier molecular flexibility index (Phi) is 6.88. The molecule has 33 heavy (non-hydrogen) atoms. The van der Waals surface area contributed by atoms with E-state index in [1.54, 1.807) is 19.1 Å². The Morgan fingerprint density at radius 2 is 1.73 bits per heavy atom. The fourth-order valence-corrected chi connectivity index (χ4v) is 5.74. The van der Waals surface area contributed by atoms with Crippen LogP contribution in [0.25, 0.3) is 0 Å². The zero-order chi connectivity index (χ0) is 23.5. The Hall–Kier alpha value is -3.07. The number of aryl methyl sites for hydroxylation is 1. The zero-order valence-corrected chi connectivity index (χ0v) is 19.9. The van der Waals surface area contributed by atoms with Gasteiger partial charge in [-0.05, 0) is 60.9 Å². The van der Waals surface area contributed by atoms with Crippen molar-refractivity contribution in [2.24, 2.45) is 0 Å². The van der Waals surface area contributed by atoms with Crippen LogP contribution >= 0.6 is 11.3 Å². The van der Waals surface area contributed by atoms with Crippen LogP contribution in [0.3, 0.4) is 0 Å². The normalized spacial score (nSPS) is 14.7. The number of ether oxygens (including phenoxy) is 3. The molecule has 0 bridgehead atoms. The monoisotopic (exact) mass is 472 g/mol. The minimum atomic E-state index is -0.560. The first-order valence-corrected chi connectivity index (χ1v) is 11.8. The summed E-state index contributed by atoms with van der Waals surface area (Å²) in [5, 5.41) is 3.27. The molecule has 0 saturated carbocycles. The first kappa shape index (κ1) is 23.1. The Labute approximate surface area is 196 Å². The molecule has 0 radical (unpaired) electrons. The van der Waals surface area contributed by atoms with Crippen molar-refractivity contribution >= 4 is 34.1 Å². The van der Waals surface area contributed by atoms with E-state index in [0.29, 0.717) is 41.6 Å². The van der Waals surface area contributed by atoms with Crippen LogP contribution in [0.1, 0.15) is 51.7 Å². The van der Waals surface area contributed by atoms with Crippen LogP contribution in [-0.2, 0) is 40.1 Å². The van der Waals surface area contributed by atoms with E-state index in [4.69, 9.17) is 14.2 Å². The summed E-state index contributed by atoms with van der Waals surface area (Å²) < 4.78 is 16.2. The van der Waals surface area contributed by atoms with Crippen LogP contribution in [0.4, 0.5) is 5.00 Å². The molecule has 0 saturated heterocycles. The van der Waals surface area contributed by atoms with Gasteiger partial charge >= 0.3 is 5.97 Å². The summed E-state index contributed by atoms with van der Waals surface area (Å²) in [7, 11) is 3.17. The lowest BCUT2D eigenvalue weighted by Crippen LogP contribution is -2.38. The van der Waals surface area contributed by atoms with E-state index in [0.717, 1.165) is 47.3 Å². The first-order chi connectivity index (χ1) is 15.9. The number of hydrogen-bond donors (Lipinski definition) is 1. The van der Waals surface area contributed by atoms with Gasteiger partial charge in [0.25, 0.3) is 5.91 Å². The van der Waals surface area contributed by atoms with Crippen molar-refractivity contribution < 1.29 is 28.6 Å². The molecule has 8 nitrogen and oxygen atoms in total. The second-order valence-corrected chi connectivity index (χ2v) is 9.32. The minimum absolute atomic E-state index is 0.238. The predicted molar refractivity (Wildman–Crippen MR) is 124 cm³/mol. The fourth-order valence-electron chi connectivity index (χ4n) is 4.42. The molecule has 2 heterocycles. The maximum absolute atomic E-state index is 13.0. The number of carbonyl (C=O) groups excluding carboxylic acids is 3. The summed E-state index contributed by atoms with van der Waals surface area (Å²) in [4.78, 5) is 40.2. The molecule has 2 aliphatic rings. The van der Waals surface area contributed by atoms with Crippen LogP contribution in [0, 0.1) is 0 Å². The maximum atomic E-state index is 13.0. The predicted octanol–water partition coefficient (Wildman–Crippen LogP) is 3.34. The number of anilines is 1. The van der Waals surface area contributed by atoms with Gasteiger partial charge in [-0.3, -0.25) is 9.59 Å². The van der Waals surface area contributed by atoms with Gasteiger partial charge in [0.1, 0.15) is 5.00 Å². The third kappa shape index (κ3) is 4.83. The molecule has 0 atom stereocenters. The van der Waals surface area contributed by atoms with Crippen molar-refractivity contribution in [1.29, 1.82) is 0 Å². The Morgan fingerprint density at radius 3 is 2.42 bits per heavy atom. The number of fused-ring (bicyclic) bond motifs is 2. The van der Waals surface area contributed by atoms with Crippen LogP contribution in [0.2, 0.25) is 0 Å². The smallest absolute Gasteiger partial charge is 0.341 e. The average Bonchev–Trinajstić information content (AvgIpc) is 3.18. The molecular weight excluding hydrogens is 444 g/mol. The van der Waals surface area contributed by atoms with E-state index in [1.807, 2.05) is 12.1 Å². The topological polar surface area (TPSA) is 94.2 Å².